The Morgan fingerprint density at radius 3 is 2.87 bits per heavy atom. The van der Waals surface area contributed by atoms with Crippen LogP contribution in [-0.2, 0) is 0 Å². The zero-order valence-corrected chi connectivity index (χ0v) is 10.9. The molecule has 0 saturated heterocycles. The summed E-state index contributed by atoms with van der Waals surface area (Å²) in [6.45, 7) is 5.49. The molecule has 15 heavy (non-hydrogen) atoms. The minimum Gasteiger partial charge on any atom is -0.365 e. The summed E-state index contributed by atoms with van der Waals surface area (Å²) in [4.78, 5) is 6.73. The van der Waals surface area contributed by atoms with Crippen LogP contribution in [0.1, 0.15) is 19.8 Å². The molecule has 1 aliphatic rings. The second-order valence-corrected chi connectivity index (χ2v) is 5.51. The van der Waals surface area contributed by atoms with Gasteiger partial charge in [0.15, 0.2) is 5.17 Å². The van der Waals surface area contributed by atoms with Crippen LogP contribution >= 0.6 is 11.8 Å². The SMILES string of the molecule is CC1CN=C(NCCCCN(C)C)SC1. The number of hydrogen-bond acceptors (Lipinski definition) is 4. The topological polar surface area (TPSA) is 27.6 Å². The summed E-state index contributed by atoms with van der Waals surface area (Å²) in [6.07, 6.45) is 2.49. The molecule has 0 aliphatic carbocycles. The molecule has 1 rings (SSSR count). The highest BCUT2D eigenvalue weighted by Gasteiger charge is 2.10. The van der Waals surface area contributed by atoms with Gasteiger partial charge in [0.05, 0.1) is 0 Å². The van der Waals surface area contributed by atoms with E-state index < -0.39 is 0 Å². The normalized spacial score (nSPS) is 21.6. The third-order valence-corrected chi connectivity index (χ3v) is 3.64. The fraction of sp³-hybridized carbons (Fsp3) is 0.909. The minimum atomic E-state index is 0.745. The first-order valence-electron chi connectivity index (χ1n) is 5.74. The number of unbranched alkanes of at least 4 members (excludes halogenated alkanes) is 1. The quantitative estimate of drug-likeness (QED) is 0.727. The lowest BCUT2D eigenvalue weighted by molar-refractivity contribution is 0.394. The zero-order valence-electron chi connectivity index (χ0n) is 10.1. The van der Waals surface area contributed by atoms with Crippen LogP contribution in [0.5, 0.6) is 0 Å². The van der Waals surface area contributed by atoms with E-state index in [2.05, 4.69) is 36.2 Å². The summed E-state index contributed by atoms with van der Waals surface area (Å²) in [5, 5.41) is 4.56. The van der Waals surface area contributed by atoms with Crippen molar-refractivity contribution in [2.24, 2.45) is 10.9 Å². The first-order chi connectivity index (χ1) is 7.18. The maximum absolute atomic E-state index is 4.50. The molecular formula is C11H23N3S. The molecule has 0 bridgehead atoms. The molecule has 0 aromatic carbocycles. The molecule has 4 heteroatoms. The van der Waals surface area contributed by atoms with Gasteiger partial charge in [0, 0.05) is 18.8 Å². The number of thioether (sulfide) groups is 1. The van der Waals surface area contributed by atoms with Gasteiger partial charge < -0.3 is 10.2 Å². The van der Waals surface area contributed by atoms with Crippen molar-refractivity contribution in [3.05, 3.63) is 0 Å². The number of rotatable bonds is 5. The number of amidine groups is 1. The predicted octanol–water partition coefficient (Wildman–Crippen LogP) is 1.66. The molecule has 88 valence electrons. The summed E-state index contributed by atoms with van der Waals surface area (Å²) < 4.78 is 0. The fourth-order valence-electron chi connectivity index (χ4n) is 1.41. The van der Waals surface area contributed by atoms with Crippen molar-refractivity contribution < 1.29 is 0 Å². The van der Waals surface area contributed by atoms with Crippen LogP contribution in [0.3, 0.4) is 0 Å². The molecular weight excluding hydrogens is 206 g/mol. The highest BCUT2D eigenvalue weighted by atomic mass is 32.2. The van der Waals surface area contributed by atoms with E-state index in [0.29, 0.717) is 0 Å². The van der Waals surface area contributed by atoms with Gasteiger partial charge in [-0.3, -0.25) is 4.99 Å². The number of nitrogens with zero attached hydrogens (tertiary/aromatic N) is 2. The van der Waals surface area contributed by atoms with Crippen LogP contribution in [-0.4, -0.2) is 49.6 Å². The average Bonchev–Trinajstić information content (AvgIpc) is 2.20. The monoisotopic (exact) mass is 229 g/mol. The first-order valence-corrected chi connectivity index (χ1v) is 6.73. The van der Waals surface area contributed by atoms with Gasteiger partial charge in [-0.25, -0.2) is 0 Å². The lowest BCUT2D eigenvalue weighted by Gasteiger charge is -2.18. The molecule has 3 nitrogen and oxygen atoms in total. The third-order valence-electron chi connectivity index (χ3n) is 2.36. The van der Waals surface area contributed by atoms with Gasteiger partial charge in [0.1, 0.15) is 0 Å². The highest BCUT2D eigenvalue weighted by Crippen LogP contribution is 2.15. The molecule has 0 saturated carbocycles. The van der Waals surface area contributed by atoms with Crippen LogP contribution in [0.15, 0.2) is 4.99 Å². The van der Waals surface area contributed by atoms with E-state index in [4.69, 9.17) is 0 Å². The van der Waals surface area contributed by atoms with Crippen LogP contribution in [0.2, 0.25) is 0 Å². The maximum Gasteiger partial charge on any atom is 0.156 e. The Morgan fingerprint density at radius 1 is 1.47 bits per heavy atom. The molecule has 1 unspecified atom stereocenters. The Bertz CT molecular complexity index is 204. The van der Waals surface area contributed by atoms with E-state index >= 15 is 0 Å². The lowest BCUT2D eigenvalue weighted by Crippen LogP contribution is -2.27. The summed E-state index contributed by atoms with van der Waals surface area (Å²) in [7, 11) is 4.24. The van der Waals surface area contributed by atoms with Gasteiger partial charge >= 0.3 is 0 Å². The van der Waals surface area contributed by atoms with Gasteiger partial charge in [0.25, 0.3) is 0 Å². The van der Waals surface area contributed by atoms with Crippen LogP contribution in [0.25, 0.3) is 0 Å². The minimum absolute atomic E-state index is 0.745. The summed E-state index contributed by atoms with van der Waals surface area (Å²) in [6, 6.07) is 0. The van der Waals surface area contributed by atoms with Crippen molar-refractivity contribution in [2.45, 2.75) is 19.8 Å². The zero-order chi connectivity index (χ0) is 11.1. The molecule has 0 spiro atoms. The standard InChI is InChI=1S/C11H23N3S/c1-10-8-13-11(15-9-10)12-6-4-5-7-14(2)3/h10H,4-9H2,1-3H3,(H,12,13). The maximum atomic E-state index is 4.50. The lowest BCUT2D eigenvalue weighted by atomic mass is 10.2. The van der Waals surface area contributed by atoms with Crippen LogP contribution < -0.4 is 5.32 Å². The van der Waals surface area contributed by atoms with E-state index in [1.54, 1.807) is 0 Å². The van der Waals surface area contributed by atoms with E-state index in [9.17, 15) is 0 Å². The van der Waals surface area contributed by atoms with E-state index in [0.717, 1.165) is 24.2 Å². The van der Waals surface area contributed by atoms with Crippen LogP contribution in [0, 0.1) is 5.92 Å². The van der Waals surface area contributed by atoms with Crippen LogP contribution in [0.4, 0.5) is 0 Å². The van der Waals surface area contributed by atoms with Gasteiger partial charge in [-0.2, -0.15) is 0 Å². The van der Waals surface area contributed by atoms with Gasteiger partial charge in [-0.1, -0.05) is 18.7 Å². The van der Waals surface area contributed by atoms with Gasteiger partial charge in [0.2, 0.25) is 0 Å². The molecule has 0 aromatic rings. The van der Waals surface area contributed by atoms with E-state index in [1.807, 2.05) is 11.8 Å². The average molecular weight is 229 g/mol. The largest absolute Gasteiger partial charge is 0.365 e. The van der Waals surface area contributed by atoms with Crippen molar-refractivity contribution in [3.63, 3.8) is 0 Å². The summed E-state index contributed by atoms with van der Waals surface area (Å²) in [5.41, 5.74) is 0. The summed E-state index contributed by atoms with van der Waals surface area (Å²) in [5.74, 6) is 1.96. The molecule has 1 atom stereocenters. The van der Waals surface area contributed by atoms with E-state index in [1.165, 1.54) is 25.1 Å². The van der Waals surface area contributed by atoms with Crippen molar-refractivity contribution >= 4 is 16.9 Å². The molecule has 0 radical (unpaired) electrons. The Morgan fingerprint density at radius 2 is 2.27 bits per heavy atom. The van der Waals surface area contributed by atoms with Crippen molar-refractivity contribution in [1.82, 2.24) is 10.2 Å². The molecule has 0 amide bonds. The second kappa shape index (κ2) is 7.12. The van der Waals surface area contributed by atoms with E-state index in [-0.39, 0.29) is 0 Å². The number of hydrogen-bond donors (Lipinski definition) is 1. The number of aliphatic imine (C=N–C) groups is 1. The molecule has 1 N–H and O–H groups in total. The van der Waals surface area contributed by atoms with Crippen molar-refractivity contribution in [3.8, 4) is 0 Å². The molecule has 0 aromatic heterocycles. The number of nitrogens with one attached hydrogen (secondary N) is 1. The molecule has 0 fully saturated rings. The molecule has 1 aliphatic heterocycles. The Kier molecular flexibility index (Phi) is 6.10. The predicted molar refractivity (Wildman–Crippen MR) is 69.7 cm³/mol. The fourth-order valence-corrected chi connectivity index (χ4v) is 2.33. The van der Waals surface area contributed by atoms with Gasteiger partial charge in [-0.05, 0) is 39.4 Å². The van der Waals surface area contributed by atoms with Crippen molar-refractivity contribution in [2.75, 3.05) is 39.5 Å². The summed E-state index contributed by atoms with van der Waals surface area (Å²) >= 11 is 1.86. The Labute approximate surface area is 97.7 Å². The Balaban J connectivity index is 2.00. The van der Waals surface area contributed by atoms with Gasteiger partial charge in [-0.15, -0.1) is 0 Å². The third kappa shape index (κ3) is 6.05. The first kappa shape index (κ1) is 12.8. The smallest absolute Gasteiger partial charge is 0.156 e. The van der Waals surface area contributed by atoms with Crippen molar-refractivity contribution in [1.29, 1.82) is 0 Å². The molecule has 1 heterocycles. The second-order valence-electron chi connectivity index (χ2n) is 4.50. The Hall–Kier alpha value is -0.220. The highest BCUT2D eigenvalue weighted by molar-refractivity contribution is 8.13.